The van der Waals surface area contributed by atoms with Crippen LogP contribution in [0.2, 0.25) is 0 Å². The molecule has 2 rings (SSSR count). The fraction of sp³-hybridized carbons (Fsp3) is 0.583. The standard InChI is InChI=1S/C12H17N3O2/c1-8-6-10(9(2)15-14-8)11(16)13-7-12(17)4-3-5-12/h6,17H,3-5,7H2,1-2H3,(H,13,16). The lowest BCUT2D eigenvalue weighted by atomic mass is 9.80. The lowest BCUT2D eigenvalue weighted by molar-refractivity contribution is -0.0300. The van der Waals surface area contributed by atoms with Crippen LogP contribution < -0.4 is 5.32 Å². The van der Waals surface area contributed by atoms with Crippen LogP contribution in [0.1, 0.15) is 41.0 Å². The maximum atomic E-state index is 11.9. The molecule has 1 saturated carbocycles. The number of carbonyl (C=O) groups is 1. The molecule has 5 nitrogen and oxygen atoms in total. The molecular formula is C12H17N3O2. The number of amides is 1. The van der Waals surface area contributed by atoms with Crippen LogP contribution in [0.25, 0.3) is 0 Å². The number of nitrogens with zero attached hydrogens (tertiary/aromatic N) is 2. The van der Waals surface area contributed by atoms with E-state index >= 15 is 0 Å². The molecule has 0 saturated heterocycles. The summed E-state index contributed by atoms with van der Waals surface area (Å²) in [5, 5.41) is 20.4. The number of hydrogen-bond acceptors (Lipinski definition) is 4. The Kier molecular flexibility index (Phi) is 3.11. The Labute approximate surface area is 100 Å². The summed E-state index contributed by atoms with van der Waals surface area (Å²) in [5.41, 5.74) is 1.15. The zero-order valence-electron chi connectivity index (χ0n) is 10.2. The van der Waals surface area contributed by atoms with Gasteiger partial charge in [0.2, 0.25) is 0 Å². The first-order valence-corrected chi connectivity index (χ1v) is 5.82. The second-order valence-electron chi connectivity index (χ2n) is 4.75. The van der Waals surface area contributed by atoms with Crippen molar-refractivity contribution in [1.29, 1.82) is 0 Å². The summed E-state index contributed by atoms with van der Waals surface area (Å²) >= 11 is 0. The molecule has 1 aliphatic carbocycles. The Morgan fingerprint density at radius 3 is 2.76 bits per heavy atom. The van der Waals surface area contributed by atoms with Crippen LogP contribution in [-0.2, 0) is 0 Å². The molecule has 0 aromatic carbocycles. The third-order valence-electron chi connectivity index (χ3n) is 3.21. The van der Waals surface area contributed by atoms with Gasteiger partial charge in [-0.1, -0.05) is 0 Å². The zero-order chi connectivity index (χ0) is 12.5. The summed E-state index contributed by atoms with van der Waals surface area (Å²) in [6.45, 7) is 3.86. The molecule has 0 radical (unpaired) electrons. The number of nitrogens with one attached hydrogen (secondary N) is 1. The van der Waals surface area contributed by atoms with E-state index in [-0.39, 0.29) is 5.91 Å². The first kappa shape index (κ1) is 12.0. The minimum Gasteiger partial charge on any atom is -0.388 e. The second-order valence-corrected chi connectivity index (χ2v) is 4.75. The molecule has 1 amide bonds. The summed E-state index contributed by atoms with van der Waals surface area (Å²) in [5.74, 6) is -0.194. The van der Waals surface area contributed by atoms with Gasteiger partial charge in [0.15, 0.2) is 0 Å². The number of carbonyl (C=O) groups excluding carboxylic acids is 1. The molecule has 1 aromatic rings. The Morgan fingerprint density at radius 1 is 1.47 bits per heavy atom. The molecule has 2 N–H and O–H groups in total. The third-order valence-corrected chi connectivity index (χ3v) is 3.21. The average molecular weight is 235 g/mol. The molecule has 0 spiro atoms. The van der Waals surface area contributed by atoms with E-state index in [9.17, 15) is 9.90 Å². The molecule has 92 valence electrons. The molecule has 0 aliphatic heterocycles. The Hall–Kier alpha value is -1.49. The third kappa shape index (κ3) is 2.61. The minimum atomic E-state index is -0.695. The molecule has 0 unspecified atom stereocenters. The fourth-order valence-corrected chi connectivity index (χ4v) is 1.88. The van der Waals surface area contributed by atoms with Crippen molar-refractivity contribution in [3.63, 3.8) is 0 Å². The van der Waals surface area contributed by atoms with Gasteiger partial charge in [-0.3, -0.25) is 4.79 Å². The summed E-state index contributed by atoms with van der Waals surface area (Å²) in [7, 11) is 0. The number of aliphatic hydroxyl groups is 1. The number of hydrogen-bond donors (Lipinski definition) is 2. The largest absolute Gasteiger partial charge is 0.388 e. The van der Waals surface area contributed by atoms with E-state index in [0.717, 1.165) is 19.3 Å². The van der Waals surface area contributed by atoms with E-state index in [1.54, 1.807) is 19.9 Å². The van der Waals surface area contributed by atoms with Crippen molar-refractivity contribution in [2.45, 2.75) is 38.7 Å². The van der Waals surface area contributed by atoms with Crippen molar-refractivity contribution in [2.75, 3.05) is 6.54 Å². The normalized spacial score (nSPS) is 17.4. The molecule has 5 heteroatoms. The van der Waals surface area contributed by atoms with E-state index in [1.807, 2.05) is 0 Å². The molecule has 1 heterocycles. The second kappa shape index (κ2) is 4.41. The first-order chi connectivity index (χ1) is 8.00. The van der Waals surface area contributed by atoms with Gasteiger partial charge < -0.3 is 10.4 Å². The SMILES string of the molecule is Cc1cc(C(=O)NCC2(O)CCC2)c(C)nn1. The topological polar surface area (TPSA) is 75.1 Å². The summed E-state index contributed by atoms with van der Waals surface area (Å²) in [6.07, 6.45) is 2.56. The maximum Gasteiger partial charge on any atom is 0.253 e. The lowest BCUT2D eigenvalue weighted by Gasteiger charge is -2.36. The molecule has 0 bridgehead atoms. The lowest BCUT2D eigenvalue weighted by Crippen LogP contribution is -2.47. The molecule has 17 heavy (non-hydrogen) atoms. The van der Waals surface area contributed by atoms with Crippen LogP contribution in [0.3, 0.4) is 0 Å². The van der Waals surface area contributed by atoms with Crippen molar-refractivity contribution < 1.29 is 9.90 Å². The van der Waals surface area contributed by atoms with Crippen LogP contribution in [0.4, 0.5) is 0 Å². The number of aromatic nitrogens is 2. The zero-order valence-corrected chi connectivity index (χ0v) is 10.2. The van der Waals surface area contributed by atoms with Gasteiger partial charge in [-0.25, -0.2) is 0 Å². The Balaban J connectivity index is 2.01. The molecule has 1 aromatic heterocycles. The van der Waals surface area contributed by atoms with Crippen LogP contribution in [0.5, 0.6) is 0 Å². The summed E-state index contributed by atoms with van der Waals surface area (Å²) in [6, 6.07) is 1.71. The van der Waals surface area contributed by atoms with E-state index < -0.39 is 5.60 Å². The van der Waals surface area contributed by atoms with Crippen molar-refractivity contribution in [1.82, 2.24) is 15.5 Å². The monoisotopic (exact) mass is 235 g/mol. The highest BCUT2D eigenvalue weighted by Gasteiger charge is 2.34. The smallest absolute Gasteiger partial charge is 0.253 e. The van der Waals surface area contributed by atoms with E-state index in [4.69, 9.17) is 0 Å². The Bertz CT molecular complexity index is 441. The van der Waals surface area contributed by atoms with Gasteiger partial charge in [0.1, 0.15) is 0 Å². The predicted octanol–water partition coefficient (Wildman–Crippen LogP) is 0.738. The van der Waals surface area contributed by atoms with E-state index in [1.165, 1.54) is 0 Å². The Morgan fingerprint density at radius 2 is 2.18 bits per heavy atom. The molecule has 0 atom stereocenters. The van der Waals surface area contributed by atoms with Crippen LogP contribution >= 0.6 is 0 Å². The average Bonchev–Trinajstić information content (AvgIpc) is 2.26. The fourth-order valence-electron chi connectivity index (χ4n) is 1.88. The van der Waals surface area contributed by atoms with Crippen LogP contribution in [0, 0.1) is 13.8 Å². The van der Waals surface area contributed by atoms with Gasteiger partial charge in [0.25, 0.3) is 5.91 Å². The van der Waals surface area contributed by atoms with Gasteiger partial charge in [-0.15, -0.1) is 0 Å². The molecule has 1 aliphatic rings. The molecular weight excluding hydrogens is 218 g/mol. The maximum absolute atomic E-state index is 11.9. The number of aryl methyl sites for hydroxylation is 2. The van der Waals surface area contributed by atoms with Crippen molar-refractivity contribution in [3.8, 4) is 0 Å². The quantitative estimate of drug-likeness (QED) is 0.810. The van der Waals surface area contributed by atoms with Crippen LogP contribution in [-0.4, -0.2) is 33.4 Å². The van der Waals surface area contributed by atoms with Crippen molar-refractivity contribution in [3.05, 3.63) is 23.0 Å². The number of rotatable bonds is 3. The molecule has 1 fully saturated rings. The minimum absolute atomic E-state index is 0.194. The van der Waals surface area contributed by atoms with Gasteiger partial charge in [-0.05, 0) is 39.2 Å². The summed E-state index contributed by atoms with van der Waals surface area (Å²) in [4.78, 5) is 11.9. The van der Waals surface area contributed by atoms with E-state index in [2.05, 4.69) is 15.5 Å². The van der Waals surface area contributed by atoms with Crippen LogP contribution in [0.15, 0.2) is 6.07 Å². The summed E-state index contributed by atoms with van der Waals surface area (Å²) < 4.78 is 0. The highest BCUT2D eigenvalue weighted by atomic mass is 16.3. The van der Waals surface area contributed by atoms with Gasteiger partial charge in [-0.2, -0.15) is 10.2 Å². The van der Waals surface area contributed by atoms with Crippen molar-refractivity contribution >= 4 is 5.91 Å². The van der Waals surface area contributed by atoms with Gasteiger partial charge >= 0.3 is 0 Å². The predicted molar refractivity (Wildman–Crippen MR) is 62.6 cm³/mol. The first-order valence-electron chi connectivity index (χ1n) is 5.82. The van der Waals surface area contributed by atoms with Crippen molar-refractivity contribution in [2.24, 2.45) is 0 Å². The highest BCUT2D eigenvalue weighted by molar-refractivity contribution is 5.95. The van der Waals surface area contributed by atoms with Gasteiger partial charge in [0.05, 0.1) is 22.6 Å². The highest BCUT2D eigenvalue weighted by Crippen LogP contribution is 2.30. The van der Waals surface area contributed by atoms with Gasteiger partial charge in [0, 0.05) is 6.54 Å². The van der Waals surface area contributed by atoms with E-state index in [0.29, 0.717) is 23.5 Å².